The summed E-state index contributed by atoms with van der Waals surface area (Å²) >= 11 is 0.954. The van der Waals surface area contributed by atoms with Crippen molar-refractivity contribution in [2.45, 2.75) is 69.7 Å². The highest BCUT2D eigenvalue weighted by molar-refractivity contribution is 8.14. The fraction of sp³-hybridized carbons (Fsp3) is 0.520. The molecular weight excluding hydrogens is 456 g/mol. The van der Waals surface area contributed by atoms with Crippen molar-refractivity contribution in [3.05, 3.63) is 42.5 Å². The van der Waals surface area contributed by atoms with E-state index in [-0.39, 0.29) is 35.7 Å². The van der Waals surface area contributed by atoms with Crippen LogP contribution in [-0.4, -0.2) is 51.4 Å². The van der Waals surface area contributed by atoms with Crippen molar-refractivity contribution in [2.75, 3.05) is 6.61 Å². The number of benzene rings is 1. The van der Waals surface area contributed by atoms with E-state index >= 15 is 0 Å². The van der Waals surface area contributed by atoms with E-state index in [2.05, 4.69) is 17.2 Å². The highest BCUT2D eigenvalue weighted by atomic mass is 32.2. The second-order valence-corrected chi connectivity index (χ2v) is 10.2. The molecule has 1 aromatic carbocycles. The van der Waals surface area contributed by atoms with Crippen molar-refractivity contribution in [1.82, 2.24) is 10.6 Å². The van der Waals surface area contributed by atoms with E-state index in [1.807, 2.05) is 13.8 Å². The first-order chi connectivity index (χ1) is 16.1. The zero-order valence-electron chi connectivity index (χ0n) is 20.0. The van der Waals surface area contributed by atoms with Gasteiger partial charge in [-0.05, 0) is 36.5 Å². The van der Waals surface area contributed by atoms with Gasteiger partial charge in [-0.15, -0.1) is 0 Å². The first-order valence-corrected chi connectivity index (χ1v) is 12.3. The van der Waals surface area contributed by atoms with Gasteiger partial charge in [0, 0.05) is 13.3 Å². The van der Waals surface area contributed by atoms with Gasteiger partial charge in [0.2, 0.25) is 11.8 Å². The molecule has 1 aliphatic carbocycles. The molecule has 9 heteroatoms. The summed E-state index contributed by atoms with van der Waals surface area (Å²) in [5.74, 6) is -1.45. The molecule has 1 fully saturated rings. The molecule has 2 amide bonds. The maximum absolute atomic E-state index is 13.5. The Balaban J connectivity index is 2.23. The average Bonchev–Trinajstić information content (AvgIpc) is 3.26. The summed E-state index contributed by atoms with van der Waals surface area (Å²) in [6, 6.07) is 5.34. The molecule has 0 bridgehead atoms. The Morgan fingerprint density at radius 3 is 2.32 bits per heavy atom. The Morgan fingerprint density at radius 1 is 1.18 bits per heavy atom. The second kappa shape index (κ2) is 12.6. The van der Waals surface area contributed by atoms with Gasteiger partial charge in [-0.25, -0.2) is 4.79 Å². The van der Waals surface area contributed by atoms with E-state index in [1.165, 1.54) is 25.1 Å². The number of nitrogens with one attached hydrogen (secondary N) is 2. The van der Waals surface area contributed by atoms with Crippen molar-refractivity contribution in [3.8, 4) is 5.75 Å². The standard InChI is InChI=1S/C25H34N2O6S/c1-5-14-33-23(31)20(15-18-8-10-19(29)11-9-18)26-24(32)25(12-6-7-13-25)27-22(30)21(16(2)3)34-17(4)28/h5,8-11,16,20-21,29H,1,6-7,12-15H2,2-4H3,(H,26,32)(H,27,30)/t20-,21-/m0/s1. The summed E-state index contributed by atoms with van der Waals surface area (Å²) in [6.45, 7) is 8.65. The van der Waals surface area contributed by atoms with Gasteiger partial charge >= 0.3 is 5.97 Å². The van der Waals surface area contributed by atoms with Crippen molar-refractivity contribution in [1.29, 1.82) is 0 Å². The Labute approximate surface area is 204 Å². The number of hydrogen-bond acceptors (Lipinski definition) is 7. The van der Waals surface area contributed by atoms with Gasteiger partial charge in [0.25, 0.3) is 0 Å². The summed E-state index contributed by atoms with van der Waals surface area (Å²) in [6.07, 6.45) is 3.98. The summed E-state index contributed by atoms with van der Waals surface area (Å²) in [5.41, 5.74) is -0.436. The molecule has 1 saturated carbocycles. The number of ether oxygens (including phenoxy) is 1. The predicted molar refractivity (Wildman–Crippen MR) is 131 cm³/mol. The summed E-state index contributed by atoms with van der Waals surface area (Å²) < 4.78 is 5.19. The van der Waals surface area contributed by atoms with Gasteiger partial charge in [-0.3, -0.25) is 14.4 Å². The van der Waals surface area contributed by atoms with E-state index in [1.54, 1.807) is 12.1 Å². The quantitative estimate of drug-likeness (QED) is 0.322. The molecule has 34 heavy (non-hydrogen) atoms. The highest BCUT2D eigenvalue weighted by Gasteiger charge is 2.45. The third kappa shape index (κ3) is 7.62. The van der Waals surface area contributed by atoms with Crippen LogP contribution in [0, 0.1) is 5.92 Å². The molecule has 1 aromatic rings. The van der Waals surface area contributed by atoms with E-state index in [0.717, 1.165) is 30.2 Å². The number of thioether (sulfide) groups is 1. The topological polar surface area (TPSA) is 122 Å². The zero-order valence-corrected chi connectivity index (χ0v) is 20.8. The number of phenolic OH excluding ortho intramolecular Hbond substituents is 1. The van der Waals surface area contributed by atoms with Crippen LogP contribution >= 0.6 is 11.8 Å². The molecule has 186 valence electrons. The minimum atomic E-state index is -1.16. The molecule has 1 aliphatic rings. The molecule has 0 saturated heterocycles. The lowest BCUT2D eigenvalue weighted by atomic mass is 9.94. The first-order valence-electron chi connectivity index (χ1n) is 11.4. The molecule has 8 nitrogen and oxygen atoms in total. The predicted octanol–water partition coefficient (Wildman–Crippen LogP) is 2.88. The van der Waals surface area contributed by atoms with Gasteiger partial charge < -0.3 is 20.5 Å². The number of amides is 2. The fourth-order valence-corrected chi connectivity index (χ4v) is 4.76. The average molecular weight is 491 g/mol. The largest absolute Gasteiger partial charge is 0.508 e. The number of carbonyl (C=O) groups excluding carboxylic acids is 4. The van der Waals surface area contributed by atoms with Crippen LogP contribution in [0.1, 0.15) is 52.0 Å². The van der Waals surface area contributed by atoms with Crippen molar-refractivity contribution < 1.29 is 29.0 Å². The molecule has 0 radical (unpaired) electrons. The SMILES string of the molecule is C=CCOC(=O)[C@H](Cc1ccc(O)cc1)NC(=O)C1(NC(=O)[C@@H](SC(C)=O)C(C)C)CCCC1. The minimum Gasteiger partial charge on any atom is -0.508 e. The monoisotopic (exact) mass is 490 g/mol. The fourth-order valence-electron chi connectivity index (χ4n) is 3.96. The normalized spacial score (nSPS) is 16.4. The first kappa shape index (κ1) is 27.4. The van der Waals surface area contributed by atoms with Gasteiger partial charge in [0.05, 0.1) is 5.25 Å². The smallest absolute Gasteiger partial charge is 0.329 e. The number of aromatic hydroxyl groups is 1. The van der Waals surface area contributed by atoms with Crippen LogP contribution in [0.2, 0.25) is 0 Å². The number of hydrogen-bond donors (Lipinski definition) is 3. The van der Waals surface area contributed by atoms with Crippen LogP contribution in [0.4, 0.5) is 0 Å². The van der Waals surface area contributed by atoms with E-state index < -0.39 is 28.7 Å². The van der Waals surface area contributed by atoms with Crippen LogP contribution in [0.15, 0.2) is 36.9 Å². The molecule has 0 spiro atoms. The van der Waals surface area contributed by atoms with Crippen LogP contribution < -0.4 is 10.6 Å². The van der Waals surface area contributed by atoms with Crippen molar-refractivity contribution in [2.24, 2.45) is 5.92 Å². The van der Waals surface area contributed by atoms with Gasteiger partial charge in [0.1, 0.15) is 23.9 Å². The second-order valence-electron chi connectivity index (χ2n) is 8.87. The van der Waals surface area contributed by atoms with E-state index in [4.69, 9.17) is 4.74 Å². The van der Waals surface area contributed by atoms with Crippen LogP contribution in [0.5, 0.6) is 5.75 Å². The lowest BCUT2D eigenvalue weighted by molar-refractivity contribution is -0.147. The lowest BCUT2D eigenvalue weighted by Crippen LogP contribution is -2.61. The zero-order chi connectivity index (χ0) is 25.3. The molecule has 0 aliphatic heterocycles. The number of carbonyl (C=O) groups is 4. The molecule has 3 N–H and O–H groups in total. The van der Waals surface area contributed by atoms with Gasteiger partial charge in [-0.2, -0.15) is 0 Å². The van der Waals surface area contributed by atoms with Crippen LogP contribution in [0.3, 0.4) is 0 Å². The molecule has 0 unspecified atom stereocenters. The summed E-state index contributed by atoms with van der Waals surface area (Å²) in [5, 5.41) is 14.4. The molecule has 0 aromatic heterocycles. The summed E-state index contributed by atoms with van der Waals surface area (Å²) in [7, 11) is 0. The molecule has 2 rings (SSSR count). The maximum atomic E-state index is 13.5. The summed E-state index contributed by atoms with van der Waals surface area (Å²) in [4.78, 5) is 50.9. The number of rotatable bonds is 11. The van der Waals surface area contributed by atoms with Crippen molar-refractivity contribution in [3.63, 3.8) is 0 Å². The Hall–Kier alpha value is -2.81. The molecular formula is C25H34N2O6S. The molecule has 0 heterocycles. The lowest BCUT2D eigenvalue weighted by Gasteiger charge is -2.33. The van der Waals surface area contributed by atoms with E-state index in [0.29, 0.717) is 12.8 Å². The van der Waals surface area contributed by atoms with Crippen LogP contribution in [-0.2, 0) is 30.3 Å². The maximum Gasteiger partial charge on any atom is 0.329 e. The van der Waals surface area contributed by atoms with Crippen LogP contribution in [0.25, 0.3) is 0 Å². The minimum absolute atomic E-state index is 0.000990. The number of esters is 1. The van der Waals surface area contributed by atoms with E-state index in [9.17, 15) is 24.3 Å². The third-order valence-electron chi connectivity index (χ3n) is 5.72. The van der Waals surface area contributed by atoms with Gasteiger partial charge in [-0.1, -0.05) is 63.2 Å². The molecule has 2 atom stereocenters. The highest BCUT2D eigenvalue weighted by Crippen LogP contribution is 2.32. The Kier molecular flexibility index (Phi) is 10.2. The number of phenols is 1. The Bertz CT molecular complexity index is 893. The van der Waals surface area contributed by atoms with Gasteiger partial charge in [0.15, 0.2) is 5.12 Å². The Morgan fingerprint density at radius 2 is 1.79 bits per heavy atom. The van der Waals surface area contributed by atoms with Crippen molar-refractivity contribution >= 4 is 34.7 Å². The third-order valence-corrected chi connectivity index (χ3v) is 7.06.